The number of benzene rings is 1. The monoisotopic (exact) mass is 467 g/mol. The summed E-state index contributed by atoms with van der Waals surface area (Å²) in [6, 6.07) is 1.26. The summed E-state index contributed by atoms with van der Waals surface area (Å²) in [6.07, 6.45) is -0.214. The Labute approximate surface area is 184 Å². The van der Waals surface area contributed by atoms with E-state index in [4.69, 9.17) is 26.5 Å². The molecule has 9 nitrogen and oxygen atoms in total. The predicted octanol–water partition coefficient (Wildman–Crippen LogP) is 3.92. The van der Waals surface area contributed by atoms with Gasteiger partial charge in [-0.3, -0.25) is 0 Å². The van der Waals surface area contributed by atoms with Crippen molar-refractivity contribution in [3.05, 3.63) is 40.7 Å². The van der Waals surface area contributed by atoms with E-state index in [0.717, 1.165) is 24.0 Å². The van der Waals surface area contributed by atoms with Gasteiger partial charge in [0.1, 0.15) is 5.52 Å². The first-order chi connectivity index (χ1) is 15.2. The van der Waals surface area contributed by atoms with Gasteiger partial charge >= 0.3 is 6.18 Å². The lowest BCUT2D eigenvalue weighted by atomic mass is 10.0. The zero-order chi connectivity index (χ0) is 22.9. The number of nitrogens with two attached hydrogens (primary N) is 1. The molecule has 2 aromatic heterocycles. The number of amidine groups is 1. The highest BCUT2D eigenvalue weighted by Gasteiger charge is 2.34. The van der Waals surface area contributed by atoms with Crippen molar-refractivity contribution < 1.29 is 22.3 Å². The Kier molecular flexibility index (Phi) is 5.98. The van der Waals surface area contributed by atoms with E-state index in [-0.39, 0.29) is 34.8 Å². The third kappa shape index (κ3) is 4.65. The molecule has 3 N–H and O–H groups in total. The van der Waals surface area contributed by atoms with Gasteiger partial charge in [-0.1, -0.05) is 11.6 Å². The Morgan fingerprint density at radius 3 is 2.62 bits per heavy atom. The molecule has 0 aliphatic carbocycles. The Morgan fingerprint density at radius 2 is 2.03 bits per heavy atom. The maximum atomic E-state index is 13.1. The van der Waals surface area contributed by atoms with Crippen molar-refractivity contribution in [2.45, 2.75) is 25.1 Å². The molecule has 0 amide bonds. The van der Waals surface area contributed by atoms with E-state index in [1.807, 2.05) is 0 Å². The quantitative estimate of drug-likeness (QED) is 0.430. The standard InChI is InChI=1S/C19H17ClF3N7O2/c1-9(16(27-8-24)30-17-25-4-10(5-26-17)11-6-31-7-11)28-18-29-14-2-12(19(21,22)23)13(20)3-15(14)32-18/h2-5,8-9,11H,6-7H2,1H3,(H,28,29)(H2,24,25,26,27,30)/t9-/m0/s1. The van der Waals surface area contributed by atoms with Gasteiger partial charge in [0.25, 0.3) is 12.0 Å². The number of hydrogen-bond acceptors (Lipinski definition) is 7. The van der Waals surface area contributed by atoms with E-state index < -0.39 is 22.8 Å². The fourth-order valence-electron chi connectivity index (χ4n) is 2.92. The van der Waals surface area contributed by atoms with Crippen LogP contribution in [0, 0.1) is 0 Å². The Bertz CT molecular complexity index is 1170. The summed E-state index contributed by atoms with van der Waals surface area (Å²) >= 11 is 5.73. The number of oxazole rings is 1. The van der Waals surface area contributed by atoms with Crippen molar-refractivity contribution in [2.24, 2.45) is 15.7 Å². The molecule has 32 heavy (non-hydrogen) atoms. The van der Waals surface area contributed by atoms with E-state index in [2.05, 4.69) is 30.3 Å². The molecular formula is C19H17ClF3N7O2. The lowest BCUT2D eigenvalue weighted by molar-refractivity contribution is -0.137. The lowest BCUT2D eigenvalue weighted by Crippen LogP contribution is -2.26. The normalized spacial score (nSPS) is 16.5. The molecule has 0 spiro atoms. The van der Waals surface area contributed by atoms with E-state index >= 15 is 0 Å². The molecule has 1 fully saturated rings. The number of nitrogens with one attached hydrogen (secondary N) is 1. The number of alkyl halides is 3. The van der Waals surface area contributed by atoms with Crippen LogP contribution in [0.25, 0.3) is 11.1 Å². The number of hydrogen-bond donors (Lipinski definition) is 2. The Morgan fingerprint density at radius 1 is 1.31 bits per heavy atom. The van der Waals surface area contributed by atoms with Gasteiger partial charge in [0, 0.05) is 24.4 Å². The Balaban J connectivity index is 1.55. The molecule has 0 saturated carbocycles. The molecule has 1 aliphatic heterocycles. The van der Waals surface area contributed by atoms with Crippen LogP contribution < -0.4 is 11.1 Å². The number of aromatic nitrogens is 3. The summed E-state index contributed by atoms with van der Waals surface area (Å²) in [5.41, 5.74) is 5.47. The number of anilines is 1. The Hall–Kier alpha value is -3.25. The third-order valence-corrected chi connectivity index (χ3v) is 5.01. The van der Waals surface area contributed by atoms with Crippen molar-refractivity contribution in [1.82, 2.24) is 15.0 Å². The van der Waals surface area contributed by atoms with Crippen molar-refractivity contribution in [3.63, 3.8) is 0 Å². The van der Waals surface area contributed by atoms with Crippen molar-refractivity contribution in [1.29, 1.82) is 0 Å². The largest absolute Gasteiger partial charge is 0.423 e. The van der Waals surface area contributed by atoms with Crippen molar-refractivity contribution >= 4 is 46.8 Å². The van der Waals surface area contributed by atoms with Crippen LogP contribution in [0.3, 0.4) is 0 Å². The number of ether oxygens (including phenoxy) is 1. The van der Waals surface area contributed by atoms with Crippen LogP contribution in [0.2, 0.25) is 5.02 Å². The fourth-order valence-corrected chi connectivity index (χ4v) is 3.18. The summed E-state index contributed by atoms with van der Waals surface area (Å²) in [7, 11) is 0. The highest BCUT2D eigenvalue weighted by atomic mass is 35.5. The van der Waals surface area contributed by atoms with Gasteiger partial charge in [0.15, 0.2) is 11.4 Å². The topological polar surface area (TPSA) is 124 Å². The van der Waals surface area contributed by atoms with Crippen LogP contribution >= 0.6 is 11.6 Å². The minimum Gasteiger partial charge on any atom is -0.423 e. The summed E-state index contributed by atoms with van der Waals surface area (Å²) < 4.78 is 49.8. The first-order valence-electron chi connectivity index (χ1n) is 9.41. The lowest BCUT2D eigenvalue weighted by Gasteiger charge is -2.25. The predicted molar refractivity (Wildman–Crippen MR) is 112 cm³/mol. The van der Waals surface area contributed by atoms with Crippen LogP contribution in [-0.2, 0) is 10.9 Å². The number of rotatable bonds is 5. The van der Waals surface area contributed by atoms with E-state index in [0.29, 0.717) is 13.2 Å². The van der Waals surface area contributed by atoms with Gasteiger partial charge in [0.2, 0.25) is 0 Å². The maximum absolute atomic E-state index is 13.1. The number of nitrogens with zero attached hydrogens (tertiary/aromatic N) is 5. The number of aliphatic imine (C=N–C) groups is 2. The first-order valence-corrected chi connectivity index (χ1v) is 9.78. The van der Waals surface area contributed by atoms with Crippen LogP contribution in [0.15, 0.2) is 38.9 Å². The van der Waals surface area contributed by atoms with Gasteiger partial charge in [-0.15, -0.1) is 0 Å². The zero-order valence-corrected chi connectivity index (χ0v) is 17.4. The van der Waals surface area contributed by atoms with Crippen LogP contribution in [-0.4, -0.2) is 46.4 Å². The smallest absolute Gasteiger partial charge is 0.417 e. The van der Waals surface area contributed by atoms with E-state index in [1.165, 1.54) is 0 Å². The molecule has 0 bridgehead atoms. The van der Waals surface area contributed by atoms with Crippen molar-refractivity contribution in [2.75, 3.05) is 18.5 Å². The summed E-state index contributed by atoms with van der Waals surface area (Å²) in [4.78, 5) is 20.8. The van der Waals surface area contributed by atoms with Crippen LogP contribution in [0.1, 0.15) is 24.0 Å². The van der Waals surface area contributed by atoms with Gasteiger partial charge < -0.3 is 20.2 Å². The van der Waals surface area contributed by atoms with Crippen LogP contribution in [0.5, 0.6) is 0 Å². The SMILES string of the molecule is C[C@H](Nc1nc2cc(C(F)(F)F)c(Cl)cc2o1)/C(N=CN)=N\c1ncc(C2COC2)cn1. The average Bonchev–Trinajstić information content (AvgIpc) is 3.07. The first kappa shape index (κ1) is 22.0. The zero-order valence-electron chi connectivity index (χ0n) is 16.6. The summed E-state index contributed by atoms with van der Waals surface area (Å²) in [5.74, 6) is 0.659. The van der Waals surface area contributed by atoms with Gasteiger partial charge in [-0.05, 0) is 18.6 Å². The van der Waals surface area contributed by atoms with Gasteiger partial charge in [-0.2, -0.15) is 23.1 Å². The molecule has 168 valence electrons. The third-order valence-electron chi connectivity index (χ3n) is 4.70. The highest BCUT2D eigenvalue weighted by Crippen LogP contribution is 2.37. The minimum atomic E-state index is -4.61. The molecule has 1 aromatic carbocycles. The molecule has 4 rings (SSSR count). The number of fused-ring (bicyclic) bond motifs is 1. The molecule has 3 heterocycles. The molecule has 1 atom stereocenters. The summed E-state index contributed by atoms with van der Waals surface area (Å²) in [6.45, 7) is 2.96. The highest BCUT2D eigenvalue weighted by molar-refractivity contribution is 6.32. The van der Waals surface area contributed by atoms with E-state index in [1.54, 1.807) is 19.3 Å². The molecular weight excluding hydrogens is 451 g/mol. The molecule has 3 aromatic rings. The van der Waals surface area contributed by atoms with Gasteiger partial charge in [-0.25, -0.2) is 15.0 Å². The average molecular weight is 468 g/mol. The fraction of sp³-hybridized carbons (Fsp3) is 0.316. The molecule has 1 aliphatic rings. The molecule has 1 saturated heterocycles. The molecule has 0 unspecified atom stereocenters. The second-order valence-corrected chi connectivity index (χ2v) is 7.39. The second kappa shape index (κ2) is 8.71. The molecule has 0 radical (unpaired) electrons. The number of halogens is 4. The van der Waals surface area contributed by atoms with E-state index in [9.17, 15) is 13.2 Å². The maximum Gasteiger partial charge on any atom is 0.417 e. The second-order valence-electron chi connectivity index (χ2n) is 6.98. The van der Waals surface area contributed by atoms with Crippen LogP contribution in [0.4, 0.5) is 25.1 Å². The van der Waals surface area contributed by atoms with Gasteiger partial charge in [0.05, 0.1) is 36.2 Å². The molecule has 13 heteroatoms. The summed E-state index contributed by atoms with van der Waals surface area (Å²) in [5, 5.41) is 2.41. The minimum absolute atomic E-state index is 0.00358. The van der Waals surface area contributed by atoms with Crippen molar-refractivity contribution in [3.8, 4) is 0 Å².